The number of anilines is 2. The molecule has 6 rings (SSSR count). The Morgan fingerprint density at radius 1 is 0.797 bits per heavy atom. The Kier molecular flexibility index (Phi) is 18.2. The molecule has 21 nitrogen and oxygen atoms in total. The third-order valence-electron chi connectivity index (χ3n) is 11.1. The van der Waals surface area contributed by atoms with Crippen molar-refractivity contribution in [3.05, 3.63) is 25.3 Å². The number of nitrogen functional groups attached to an aromatic ring is 2. The third kappa shape index (κ3) is 12.7. The van der Waals surface area contributed by atoms with E-state index < -0.39 is 94.9 Å². The predicted molar refractivity (Wildman–Crippen MR) is 232 cm³/mol. The molecule has 2 unspecified atom stereocenters. The van der Waals surface area contributed by atoms with Gasteiger partial charge in [-0.3, -0.25) is 27.5 Å². The van der Waals surface area contributed by atoms with Gasteiger partial charge in [0.25, 0.3) is 0 Å². The molecule has 6 heterocycles. The van der Waals surface area contributed by atoms with Crippen LogP contribution in [0.2, 0.25) is 0 Å². The molecular formula is C38H58F2N10O11P2S. The fraction of sp³-hybridized carbons (Fsp3) is 0.711. The zero-order valence-corrected chi connectivity index (χ0v) is 38.7. The lowest BCUT2D eigenvalue weighted by atomic mass is 10.0. The number of nitrogens with two attached hydrogens (primary N) is 2. The first-order valence-electron chi connectivity index (χ1n) is 21.4. The van der Waals surface area contributed by atoms with Crippen LogP contribution in [0.25, 0.3) is 22.3 Å². The van der Waals surface area contributed by atoms with Crippen LogP contribution in [-0.4, -0.2) is 113 Å². The van der Waals surface area contributed by atoms with Crippen molar-refractivity contribution in [1.82, 2.24) is 39.0 Å². The van der Waals surface area contributed by atoms with Crippen molar-refractivity contribution in [2.75, 3.05) is 44.1 Å². The van der Waals surface area contributed by atoms with Crippen LogP contribution in [0.3, 0.4) is 0 Å². The Hall–Kier alpha value is -3.44. The number of rotatable bonds is 27. The maximum absolute atomic E-state index is 16.8. The summed E-state index contributed by atoms with van der Waals surface area (Å²) in [6, 6.07) is 0. The first-order chi connectivity index (χ1) is 30.8. The van der Waals surface area contributed by atoms with Crippen LogP contribution in [0.15, 0.2) is 25.3 Å². The van der Waals surface area contributed by atoms with E-state index in [1.54, 1.807) is 6.92 Å². The number of esters is 1. The van der Waals surface area contributed by atoms with Crippen LogP contribution in [0.4, 0.5) is 20.4 Å². The van der Waals surface area contributed by atoms with Gasteiger partial charge in [0.2, 0.25) is 0 Å². The fourth-order valence-corrected chi connectivity index (χ4v) is 11.1. The molecule has 0 radical (unpaired) electrons. The molecule has 64 heavy (non-hydrogen) atoms. The number of hydrogen-bond donors (Lipinski definition) is 3. The van der Waals surface area contributed by atoms with E-state index in [-0.39, 0.29) is 40.4 Å². The van der Waals surface area contributed by atoms with E-state index in [0.717, 1.165) is 32.0 Å². The Morgan fingerprint density at radius 2 is 1.33 bits per heavy atom. The predicted octanol–water partition coefficient (Wildman–Crippen LogP) is 7.19. The number of ether oxygens (including phenoxy) is 4. The smallest absolute Gasteiger partial charge is 0.392 e. The van der Waals surface area contributed by atoms with Gasteiger partial charge in [-0.1, -0.05) is 78.1 Å². The normalized spacial score (nSPS) is 25.5. The SMILES string of the molecule is CCCCCCCCCCCCCC(=O)OCSP(=O)(OC[C@H]1O[C@@H](n2cnc3c(N)ncnc32)[C@H](F)[C@@H]1C)O[C@H]1[C@@H](F)[C@H](n2cnc3c(N)ncnc32)O[C@@H]1COP(=O)(O)COC. The second-order valence-corrected chi connectivity index (χ2v) is 21.5. The van der Waals surface area contributed by atoms with E-state index in [1.807, 2.05) is 0 Å². The molecule has 26 heteroatoms. The number of fused-ring (bicyclic) bond motifs is 2. The third-order valence-corrected chi connectivity index (χ3v) is 15.5. The Bertz CT molecular complexity index is 2230. The zero-order chi connectivity index (χ0) is 45.9. The van der Waals surface area contributed by atoms with Crippen LogP contribution < -0.4 is 11.5 Å². The van der Waals surface area contributed by atoms with E-state index in [9.17, 15) is 18.8 Å². The molecule has 2 saturated heterocycles. The van der Waals surface area contributed by atoms with Crippen LogP contribution in [-0.2, 0) is 46.4 Å². The number of hydrogen-bond acceptors (Lipinski definition) is 19. The molecule has 356 valence electrons. The van der Waals surface area contributed by atoms with Crippen molar-refractivity contribution in [2.45, 2.75) is 134 Å². The lowest BCUT2D eigenvalue weighted by Gasteiger charge is -2.26. The van der Waals surface area contributed by atoms with Gasteiger partial charge in [0.1, 0.15) is 48.2 Å². The van der Waals surface area contributed by atoms with E-state index in [0.29, 0.717) is 17.8 Å². The molecule has 0 aromatic carbocycles. The van der Waals surface area contributed by atoms with E-state index in [2.05, 4.69) is 36.8 Å². The number of carbonyl (C=O) groups is 1. The van der Waals surface area contributed by atoms with Gasteiger partial charge in [0.05, 0.1) is 32.0 Å². The molecule has 2 aliphatic rings. The van der Waals surface area contributed by atoms with Crippen molar-refractivity contribution in [2.24, 2.45) is 5.92 Å². The average molecular weight is 963 g/mol. The van der Waals surface area contributed by atoms with Crippen LogP contribution in [0.5, 0.6) is 0 Å². The van der Waals surface area contributed by atoms with Crippen molar-refractivity contribution in [3.8, 4) is 0 Å². The number of aromatic nitrogens is 8. The number of alkyl halides is 2. The highest BCUT2D eigenvalue weighted by Gasteiger charge is 2.52. The molecule has 5 N–H and O–H groups in total. The molecule has 2 fully saturated rings. The van der Waals surface area contributed by atoms with Gasteiger partial charge < -0.3 is 39.8 Å². The quantitative estimate of drug-likeness (QED) is 0.0231. The summed E-state index contributed by atoms with van der Waals surface area (Å²) in [5.41, 5.74) is 12.6. The van der Waals surface area contributed by atoms with Gasteiger partial charge in [0.15, 0.2) is 47.7 Å². The second kappa shape index (κ2) is 23.3. The van der Waals surface area contributed by atoms with Gasteiger partial charge in [-0.15, -0.1) is 0 Å². The van der Waals surface area contributed by atoms with E-state index >= 15 is 8.78 Å². The summed E-state index contributed by atoms with van der Waals surface area (Å²) in [6.45, 7) is -2.14. The standard InChI is InChI=1S/C38H58F2N10O11P2S/c1-4-5-6-7-8-9-10-11-12-13-14-15-27(51)56-23-64-63(54,58-16-25-24(2)28(39)37(59-25)49-20-47-30-33(41)43-18-45-35(30)49)61-32-26(17-57-62(52,53)22-55-3)60-38(29(32)40)50-21-48-31-34(42)44-19-46-36(31)50/h18-21,24-26,28-29,32,37-38H,4-17,22-23H2,1-3H3,(H,52,53)(H2,41,43,45)(H2,42,44,46)/t24-,25-,26-,28-,29-,32-,37-,38-,63?/m1/s1. The molecule has 10 atom stereocenters. The summed E-state index contributed by atoms with van der Waals surface area (Å²) in [4.78, 5) is 47.6. The van der Waals surface area contributed by atoms with Gasteiger partial charge in [0, 0.05) is 30.8 Å². The summed E-state index contributed by atoms with van der Waals surface area (Å²) >= 11 is 0.454. The minimum Gasteiger partial charge on any atom is -0.454 e. The molecule has 4 aromatic heterocycles. The number of imidazole rings is 2. The highest BCUT2D eigenvalue weighted by Crippen LogP contribution is 2.63. The largest absolute Gasteiger partial charge is 0.454 e. The highest BCUT2D eigenvalue weighted by atomic mass is 32.7. The molecule has 0 bridgehead atoms. The fourth-order valence-electron chi connectivity index (χ4n) is 7.51. The molecule has 0 spiro atoms. The van der Waals surface area contributed by atoms with E-state index in [1.165, 1.54) is 73.8 Å². The van der Waals surface area contributed by atoms with Gasteiger partial charge in [-0.2, -0.15) is 0 Å². The number of unbranched alkanes of at least 4 members (excludes halogenated alkanes) is 10. The Morgan fingerprint density at radius 3 is 1.91 bits per heavy atom. The molecule has 0 saturated carbocycles. The van der Waals surface area contributed by atoms with Crippen molar-refractivity contribution in [1.29, 1.82) is 0 Å². The average Bonchev–Trinajstić information content (AvgIpc) is 4.03. The summed E-state index contributed by atoms with van der Waals surface area (Å²) in [5, 5.41) is 0. The van der Waals surface area contributed by atoms with Crippen LogP contribution >= 0.6 is 25.8 Å². The van der Waals surface area contributed by atoms with Crippen LogP contribution in [0, 0.1) is 5.92 Å². The lowest BCUT2D eigenvalue weighted by molar-refractivity contribution is -0.141. The Balaban J connectivity index is 1.15. The number of carbonyl (C=O) groups excluding carboxylic acids is 1. The minimum atomic E-state index is -4.64. The second-order valence-electron chi connectivity index (χ2n) is 15.8. The summed E-state index contributed by atoms with van der Waals surface area (Å²) in [5.74, 6) is -1.82. The van der Waals surface area contributed by atoms with Crippen molar-refractivity contribution < 1.29 is 60.1 Å². The van der Waals surface area contributed by atoms with Gasteiger partial charge >= 0.3 is 20.4 Å². The number of halogens is 2. The van der Waals surface area contributed by atoms with Crippen LogP contribution in [0.1, 0.15) is 103 Å². The maximum atomic E-state index is 16.8. The number of methoxy groups -OCH3 is 1. The molecular weight excluding hydrogens is 904 g/mol. The summed E-state index contributed by atoms with van der Waals surface area (Å²) < 4.78 is 102. The lowest BCUT2D eigenvalue weighted by Crippen LogP contribution is -2.34. The highest BCUT2D eigenvalue weighted by molar-refractivity contribution is 8.55. The van der Waals surface area contributed by atoms with Crippen molar-refractivity contribution >= 4 is 65.7 Å². The van der Waals surface area contributed by atoms with E-state index in [4.69, 9.17) is 44.0 Å². The summed E-state index contributed by atoms with van der Waals surface area (Å²) in [7, 11) is -3.19. The first-order valence-corrected chi connectivity index (χ1v) is 26.3. The molecule has 0 aliphatic carbocycles. The minimum absolute atomic E-state index is 0.0118. The van der Waals surface area contributed by atoms with Crippen molar-refractivity contribution in [3.63, 3.8) is 0 Å². The molecule has 0 amide bonds. The Labute approximate surface area is 373 Å². The monoisotopic (exact) mass is 962 g/mol. The molecule has 4 aromatic rings. The maximum Gasteiger partial charge on any atom is 0.392 e. The molecule has 2 aliphatic heterocycles. The summed E-state index contributed by atoms with van der Waals surface area (Å²) in [6.07, 6.45) is 5.50. The first kappa shape index (κ1) is 50.0. The van der Waals surface area contributed by atoms with Gasteiger partial charge in [-0.25, -0.2) is 43.2 Å². The van der Waals surface area contributed by atoms with Gasteiger partial charge in [-0.05, 0) is 6.42 Å². The number of nitrogens with zero attached hydrogens (tertiary/aromatic N) is 8. The topological polar surface area (TPSA) is 275 Å². The zero-order valence-electron chi connectivity index (χ0n) is 36.1.